The molecule has 0 atom stereocenters. The number of hydrogen-bond donors (Lipinski definition) is 2. The molecule has 1 aromatic carbocycles. The van der Waals surface area contributed by atoms with E-state index in [0.717, 1.165) is 17.1 Å². The molecule has 0 radical (unpaired) electrons. The smallest absolute Gasteiger partial charge is 0.148 e. The molecule has 0 spiro atoms. The molecule has 17 heavy (non-hydrogen) atoms. The zero-order valence-electron chi connectivity index (χ0n) is 9.59. The van der Waals surface area contributed by atoms with Crippen LogP contribution in [0.15, 0.2) is 28.7 Å². The van der Waals surface area contributed by atoms with E-state index in [-0.39, 0.29) is 5.82 Å². The van der Waals surface area contributed by atoms with Crippen molar-refractivity contribution in [2.24, 2.45) is 0 Å². The second-order valence-electron chi connectivity index (χ2n) is 4.09. The van der Waals surface area contributed by atoms with E-state index in [1.807, 2.05) is 19.9 Å². The summed E-state index contributed by atoms with van der Waals surface area (Å²) >= 11 is 3.34. The summed E-state index contributed by atoms with van der Waals surface area (Å²) in [7, 11) is 0. The lowest BCUT2D eigenvalue weighted by atomic mass is 10.1. The van der Waals surface area contributed by atoms with Crippen molar-refractivity contribution < 1.29 is 4.39 Å². The van der Waals surface area contributed by atoms with Crippen LogP contribution in [0.25, 0.3) is 11.3 Å². The Kier molecular flexibility index (Phi) is 3.47. The molecule has 0 aliphatic rings. The quantitative estimate of drug-likeness (QED) is 0.905. The van der Waals surface area contributed by atoms with E-state index in [9.17, 15) is 4.39 Å². The Balaban J connectivity index is 2.30. The molecule has 0 amide bonds. The van der Waals surface area contributed by atoms with E-state index in [1.54, 1.807) is 6.07 Å². The molecule has 0 unspecified atom stereocenters. The van der Waals surface area contributed by atoms with Gasteiger partial charge in [-0.3, -0.25) is 5.10 Å². The lowest BCUT2D eigenvalue weighted by Gasteiger charge is -2.04. The first-order chi connectivity index (χ1) is 8.06. The molecule has 0 saturated carbocycles. The highest BCUT2D eigenvalue weighted by atomic mass is 79.9. The topological polar surface area (TPSA) is 40.7 Å². The van der Waals surface area contributed by atoms with Crippen molar-refractivity contribution >= 4 is 21.7 Å². The summed E-state index contributed by atoms with van der Waals surface area (Å²) in [5.74, 6) is 0.520. The molecule has 5 heteroatoms. The molecule has 3 nitrogen and oxygen atoms in total. The predicted octanol–water partition coefficient (Wildman–Crippen LogP) is 3.80. The summed E-state index contributed by atoms with van der Waals surface area (Å²) in [6.07, 6.45) is 0. The summed E-state index contributed by atoms with van der Waals surface area (Å²) in [5, 5.41) is 10.3. The number of hydrogen-bond acceptors (Lipinski definition) is 2. The normalized spacial score (nSPS) is 10.9. The Labute approximate surface area is 108 Å². The van der Waals surface area contributed by atoms with Gasteiger partial charge in [0.15, 0.2) is 0 Å². The van der Waals surface area contributed by atoms with Gasteiger partial charge in [-0.2, -0.15) is 5.10 Å². The van der Waals surface area contributed by atoms with Gasteiger partial charge in [-0.1, -0.05) is 0 Å². The maximum Gasteiger partial charge on any atom is 0.148 e. The maximum absolute atomic E-state index is 13.0. The first-order valence-electron chi connectivity index (χ1n) is 5.33. The number of nitrogens with zero attached hydrogens (tertiary/aromatic N) is 1. The fourth-order valence-corrected chi connectivity index (χ4v) is 2.10. The Morgan fingerprint density at radius 2 is 2.12 bits per heavy atom. The van der Waals surface area contributed by atoms with Gasteiger partial charge < -0.3 is 5.32 Å². The average Bonchev–Trinajstić information content (AvgIpc) is 2.65. The van der Waals surface area contributed by atoms with Crippen LogP contribution in [0.3, 0.4) is 0 Å². The van der Waals surface area contributed by atoms with Gasteiger partial charge in [-0.05, 0) is 48.0 Å². The maximum atomic E-state index is 13.0. The minimum absolute atomic E-state index is 0.263. The van der Waals surface area contributed by atoms with Crippen LogP contribution in [0.1, 0.15) is 13.8 Å². The number of benzene rings is 1. The number of H-pyrrole nitrogens is 1. The fourth-order valence-electron chi connectivity index (χ4n) is 1.54. The number of anilines is 1. The predicted molar refractivity (Wildman–Crippen MR) is 70.4 cm³/mol. The summed E-state index contributed by atoms with van der Waals surface area (Å²) in [5.41, 5.74) is 1.73. The van der Waals surface area contributed by atoms with Crippen LogP contribution in [-0.2, 0) is 0 Å². The molecule has 1 heterocycles. The third-order valence-electron chi connectivity index (χ3n) is 2.24. The van der Waals surface area contributed by atoms with Crippen LogP contribution in [0.4, 0.5) is 10.2 Å². The number of aromatic amines is 1. The number of nitrogens with one attached hydrogen (secondary N) is 2. The van der Waals surface area contributed by atoms with E-state index < -0.39 is 0 Å². The van der Waals surface area contributed by atoms with Gasteiger partial charge in [0.2, 0.25) is 0 Å². The molecule has 90 valence electrons. The molecule has 0 aliphatic heterocycles. The molecular formula is C12H13BrFN3. The molecule has 0 aliphatic carbocycles. The zero-order valence-corrected chi connectivity index (χ0v) is 11.2. The highest BCUT2D eigenvalue weighted by Crippen LogP contribution is 2.28. The summed E-state index contributed by atoms with van der Waals surface area (Å²) < 4.78 is 13.7. The lowest BCUT2D eigenvalue weighted by Crippen LogP contribution is -2.09. The van der Waals surface area contributed by atoms with E-state index in [2.05, 4.69) is 31.4 Å². The van der Waals surface area contributed by atoms with Gasteiger partial charge in [-0.25, -0.2) is 4.39 Å². The lowest BCUT2D eigenvalue weighted by molar-refractivity contribution is 0.627. The molecule has 2 N–H and O–H groups in total. The summed E-state index contributed by atoms with van der Waals surface area (Å²) in [6, 6.07) is 6.80. The highest BCUT2D eigenvalue weighted by Gasteiger charge is 2.08. The van der Waals surface area contributed by atoms with Crippen LogP contribution >= 0.6 is 15.9 Å². The first kappa shape index (κ1) is 12.1. The first-order valence-corrected chi connectivity index (χ1v) is 6.13. The molecule has 2 rings (SSSR count). The molecular weight excluding hydrogens is 285 g/mol. The van der Waals surface area contributed by atoms with Gasteiger partial charge in [0, 0.05) is 22.1 Å². The molecule has 0 bridgehead atoms. The van der Waals surface area contributed by atoms with E-state index in [4.69, 9.17) is 0 Å². The van der Waals surface area contributed by atoms with Crippen molar-refractivity contribution in [3.63, 3.8) is 0 Å². The minimum Gasteiger partial charge on any atom is -0.366 e. The van der Waals surface area contributed by atoms with Gasteiger partial charge in [0.05, 0.1) is 5.69 Å². The van der Waals surface area contributed by atoms with Gasteiger partial charge in [-0.15, -0.1) is 0 Å². The van der Waals surface area contributed by atoms with Crippen molar-refractivity contribution in [3.8, 4) is 11.3 Å². The zero-order chi connectivity index (χ0) is 12.4. The molecule has 0 fully saturated rings. The van der Waals surface area contributed by atoms with Crippen molar-refractivity contribution in [2.75, 3.05) is 5.32 Å². The van der Waals surface area contributed by atoms with Crippen molar-refractivity contribution in [1.82, 2.24) is 10.2 Å². The van der Waals surface area contributed by atoms with Gasteiger partial charge in [0.1, 0.15) is 11.6 Å². The van der Waals surface area contributed by atoms with Crippen molar-refractivity contribution in [2.45, 2.75) is 19.9 Å². The van der Waals surface area contributed by atoms with Crippen LogP contribution in [0.5, 0.6) is 0 Å². The number of aromatic nitrogens is 2. The van der Waals surface area contributed by atoms with E-state index in [0.29, 0.717) is 10.5 Å². The molecule has 2 aromatic rings. The van der Waals surface area contributed by atoms with Gasteiger partial charge in [0.25, 0.3) is 0 Å². The van der Waals surface area contributed by atoms with Crippen molar-refractivity contribution in [3.05, 3.63) is 34.6 Å². The summed E-state index contributed by atoms with van der Waals surface area (Å²) in [4.78, 5) is 0. The monoisotopic (exact) mass is 297 g/mol. The third kappa shape index (κ3) is 2.85. The van der Waals surface area contributed by atoms with E-state index in [1.165, 1.54) is 12.1 Å². The van der Waals surface area contributed by atoms with E-state index >= 15 is 0 Å². The summed E-state index contributed by atoms with van der Waals surface area (Å²) in [6.45, 7) is 4.09. The SMILES string of the molecule is CC(C)Nc1cc(-c2ccc(F)cc2Br)[nH]n1. The third-order valence-corrected chi connectivity index (χ3v) is 2.89. The average molecular weight is 298 g/mol. The number of halogens is 2. The van der Waals surface area contributed by atoms with Crippen LogP contribution in [0.2, 0.25) is 0 Å². The highest BCUT2D eigenvalue weighted by molar-refractivity contribution is 9.10. The second-order valence-corrected chi connectivity index (χ2v) is 4.94. The Morgan fingerprint density at radius 1 is 1.35 bits per heavy atom. The van der Waals surface area contributed by atoms with Crippen LogP contribution in [0, 0.1) is 5.82 Å². The number of rotatable bonds is 3. The Hall–Kier alpha value is -1.36. The standard InChI is InChI=1S/C12H13BrFN3/c1-7(2)15-12-6-11(16-17-12)9-4-3-8(14)5-10(9)13/h3-7H,1-2H3,(H2,15,16,17). The van der Waals surface area contributed by atoms with Crippen LogP contribution in [-0.4, -0.2) is 16.2 Å². The molecule has 0 saturated heterocycles. The van der Waals surface area contributed by atoms with Crippen LogP contribution < -0.4 is 5.32 Å². The van der Waals surface area contributed by atoms with Gasteiger partial charge >= 0.3 is 0 Å². The largest absolute Gasteiger partial charge is 0.366 e. The minimum atomic E-state index is -0.263. The Morgan fingerprint density at radius 3 is 2.76 bits per heavy atom. The molecule has 1 aromatic heterocycles. The second kappa shape index (κ2) is 4.87. The fraction of sp³-hybridized carbons (Fsp3) is 0.250. The van der Waals surface area contributed by atoms with Crippen molar-refractivity contribution in [1.29, 1.82) is 0 Å². The Bertz CT molecular complexity index is 522.